The quantitative estimate of drug-likeness (QED) is 0.794. The van der Waals surface area contributed by atoms with Gasteiger partial charge in [0, 0.05) is 18.8 Å². The number of hydrogen-bond acceptors (Lipinski definition) is 2. The summed E-state index contributed by atoms with van der Waals surface area (Å²) in [4.78, 5) is 0. The molecule has 82 valence electrons. The Morgan fingerprint density at radius 2 is 1.80 bits per heavy atom. The third kappa shape index (κ3) is 2.32. The molecule has 1 aromatic carbocycles. The molecule has 2 heteroatoms. The lowest BCUT2D eigenvalue weighted by Gasteiger charge is -2.19. The normalized spacial score (nSPS) is 19.1. The van der Waals surface area contributed by atoms with E-state index < -0.39 is 0 Å². The summed E-state index contributed by atoms with van der Waals surface area (Å²) in [6, 6.07) is 8.73. The van der Waals surface area contributed by atoms with Crippen molar-refractivity contribution >= 4 is 5.69 Å². The van der Waals surface area contributed by atoms with E-state index in [9.17, 15) is 0 Å². The first-order valence-electron chi connectivity index (χ1n) is 5.84. The van der Waals surface area contributed by atoms with E-state index in [1.54, 1.807) is 0 Å². The first kappa shape index (κ1) is 10.5. The molecule has 0 radical (unpaired) electrons. The van der Waals surface area contributed by atoms with Gasteiger partial charge in [0.2, 0.25) is 0 Å². The molecule has 0 saturated heterocycles. The second-order valence-corrected chi connectivity index (χ2v) is 4.44. The van der Waals surface area contributed by atoms with Gasteiger partial charge in [-0.2, -0.15) is 0 Å². The molecule has 1 unspecified atom stereocenters. The zero-order valence-corrected chi connectivity index (χ0v) is 9.37. The van der Waals surface area contributed by atoms with Crippen LogP contribution in [-0.4, -0.2) is 7.05 Å². The molecule has 0 amide bonds. The Balaban J connectivity index is 2.07. The number of benzene rings is 1. The minimum Gasteiger partial charge on any atom is -0.388 e. The van der Waals surface area contributed by atoms with Gasteiger partial charge in [0.15, 0.2) is 0 Å². The second-order valence-electron chi connectivity index (χ2n) is 4.44. The molecular weight excluding hydrogens is 184 g/mol. The summed E-state index contributed by atoms with van der Waals surface area (Å²) < 4.78 is 0. The molecular formula is C13H20N2. The van der Waals surface area contributed by atoms with Gasteiger partial charge < -0.3 is 11.1 Å². The maximum atomic E-state index is 6.27. The lowest BCUT2D eigenvalue weighted by Crippen LogP contribution is -2.18. The standard InChI is InChI=1S/C13H20N2/c1-15-12-8-6-11(7-9-12)13(14)10-4-2-3-5-10/h6-10,13,15H,2-5,14H2,1H3. The third-order valence-corrected chi connectivity index (χ3v) is 3.49. The van der Waals surface area contributed by atoms with E-state index in [1.165, 1.54) is 31.2 Å². The number of nitrogens with one attached hydrogen (secondary N) is 1. The summed E-state index contributed by atoms with van der Waals surface area (Å²) in [6.45, 7) is 0. The molecule has 1 aliphatic rings. The fourth-order valence-corrected chi connectivity index (χ4v) is 2.46. The van der Waals surface area contributed by atoms with E-state index in [1.807, 2.05) is 7.05 Å². The Hall–Kier alpha value is -1.02. The number of nitrogens with two attached hydrogens (primary N) is 1. The molecule has 2 nitrogen and oxygen atoms in total. The predicted octanol–water partition coefficient (Wildman–Crippen LogP) is 2.92. The van der Waals surface area contributed by atoms with Crippen molar-refractivity contribution in [1.29, 1.82) is 0 Å². The molecule has 1 aliphatic carbocycles. The Labute approximate surface area is 91.9 Å². The SMILES string of the molecule is CNc1ccc(C(N)C2CCCC2)cc1. The molecule has 1 aromatic rings. The van der Waals surface area contributed by atoms with Crippen LogP contribution in [0.15, 0.2) is 24.3 Å². The summed E-state index contributed by atoms with van der Waals surface area (Å²) in [6.07, 6.45) is 5.31. The summed E-state index contributed by atoms with van der Waals surface area (Å²) in [5.74, 6) is 0.699. The molecule has 1 fully saturated rings. The van der Waals surface area contributed by atoms with Gasteiger partial charge in [0.25, 0.3) is 0 Å². The van der Waals surface area contributed by atoms with Gasteiger partial charge in [-0.3, -0.25) is 0 Å². The molecule has 1 saturated carbocycles. The average Bonchev–Trinajstić information content (AvgIpc) is 2.82. The highest BCUT2D eigenvalue weighted by Crippen LogP contribution is 2.34. The van der Waals surface area contributed by atoms with Crippen molar-refractivity contribution in [1.82, 2.24) is 0 Å². The summed E-state index contributed by atoms with van der Waals surface area (Å²) in [7, 11) is 1.94. The predicted molar refractivity (Wildman–Crippen MR) is 64.9 cm³/mol. The zero-order chi connectivity index (χ0) is 10.7. The lowest BCUT2D eigenvalue weighted by atomic mass is 9.92. The van der Waals surface area contributed by atoms with Crippen LogP contribution in [0.2, 0.25) is 0 Å². The largest absolute Gasteiger partial charge is 0.388 e. The zero-order valence-electron chi connectivity index (χ0n) is 9.37. The summed E-state index contributed by atoms with van der Waals surface area (Å²) >= 11 is 0. The van der Waals surface area contributed by atoms with Gasteiger partial charge in [-0.25, -0.2) is 0 Å². The van der Waals surface area contributed by atoms with Crippen molar-refractivity contribution in [3.8, 4) is 0 Å². The summed E-state index contributed by atoms with van der Waals surface area (Å²) in [5, 5.41) is 3.12. The van der Waals surface area contributed by atoms with Crippen molar-refractivity contribution in [2.24, 2.45) is 11.7 Å². The van der Waals surface area contributed by atoms with Crippen LogP contribution in [0.4, 0.5) is 5.69 Å². The molecule has 0 aromatic heterocycles. The van der Waals surface area contributed by atoms with Crippen LogP contribution < -0.4 is 11.1 Å². The summed E-state index contributed by atoms with van der Waals surface area (Å²) in [5.41, 5.74) is 8.70. The topological polar surface area (TPSA) is 38.0 Å². The van der Waals surface area contributed by atoms with E-state index in [-0.39, 0.29) is 6.04 Å². The van der Waals surface area contributed by atoms with Crippen LogP contribution in [0.25, 0.3) is 0 Å². The maximum absolute atomic E-state index is 6.27. The van der Waals surface area contributed by atoms with Gasteiger partial charge >= 0.3 is 0 Å². The average molecular weight is 204 g/mol. The van der Waals surface area contributed by atoms with E-state index in [4.69, 9.17) is 5.73 Å². The molecule has 0 bridgehead atoms. The van der Waals surface area contributed by atoms with Crippen LogP contribution >= 0.6 is 0 Å². The van der Waals surface area contributed by atoms with E-state index >= 15 is 0 Å². The third-order valence-electron chi connectivity index (χ3n) is 3.49. The first-order valence-corrected chi connectivity index (χ1v) is 5.84. The lowest BCUT2D eigenvalue weighted by molar-refractivity contribution is 0.445. The monoisotopic (exact) mass is 204 g/mol. The van der Waals surface area contributed by atoms with E-state index in [0.717, 1.165) is 5.69 Å². The molecule has 0 aliphatic heterocycles. The number of hydrogen-bond donors (Lipinski definition) is 2. The highest BCUT2D eigenvalue weighted by molar-refractivity contribution is 5.44. The van der Waals surface area contributed by atoms with Crippen LogP contribution in [-0.2, 0) is 0 Å². The number of rotatable bonds is 3. The Morgan fingerprint density at radius 1 is 1.20 bits per heavy atom. The minimum atomic E-state index is 0.235. The molecule has 1 atom stereocenters. The first-order chi connectivity index (χ1) is 7.31. The molecule has 3 N–H and O–H groups in total. The maximum Gasteiger partial charge on any atom is 0.0337 e. The highest BCUT2D eigenvalue weighted by Gasteiger charge is 2.22. The number of anilines is 1. The van der Waals surface area contributed by atoms with E-state index in [2.05, 4.69) is 29.6 Å². The van der Waals surface area contributed by atoms with Gasteiger partial charge in [0.1, 0.15) is 0 Å². The van der Waals surface area contributed by atoms with Crippen LogP contribution in [0.1, 0.15) is 37.3 Å². The van der Waals surface area contributed by atoms with Gasteiger partial charge in [0.05, 0.1) is 0 Å². The highest BCUT2D eigenvalue weighted by atomic mass is 14.8. The van der Waals surface area contributed by atoms with Gasteiger partial charge in [-0.1, -0.05) is 25.0 Å². The Kier molecular flexibility index (Phi) is 3.27. The van der Waals surface area contributed by atoms with Crippen LogP contribution in [0.3, 0.4) is 0 Å². The smallest absolute Gasteiger partial charge is 0.0337 e. The van der Waals surface area contributed by atoms with Crippen molar-refractivity contribution in [3.63, 3.8) is 0 Å². The molecule has 0 spiro atoms. The fourth-order valence-electron chi connectivity index (χ4n) is 2.46. The second kappa shape index (κ2) is 4.67. The Morgan fingerprint density at radius 3 is 2.33 bits per heavy atom. The molecule has 2 rings (SSSR count). The van der Waals surface area contributed by atoms with Crippen molar-refractivity contribution < 1.29 is 0 Å². The van der Waals surface area contributed by atoms with Crippen molar-refractivity contribution in [3.05, 3.63) is 29.8 Å². The van der Waals surface area contributed by atoms with Gasteiger partial charge in [-0.15, -0.1) is 0 Å². The van der Waals surface area contributed by atoms with Crippen molar-refractivity contribution in [2.75, 3.05) is 12.4 Å². The van der Waals surface area contributed by atoms with Crippen molar-refractivity contribution in [2.45, 2.75) is 31.7 Å². The minimum absolute atomic E-state index is 0.235. The fraction of sp³-hybridized carbons (Fsp3) is 0.538. The van der Waals surface area contributed by atoms with E-state index in [0.29, 0.717) is 5.92 Å². The van der Waals surface area contributed by atoms with Crippen LogP contribution in [0, 0.1) is 5.92 Å². The van der Waals surface area contributed by atoms with Crippen LogP contribution in [0.5, 0.6) is 0 Å². The molecule has 0 heterocycles. The molecule has 15 heavy (non-hydrogen) atoms. The van der Waals surface area contributed by atoms with Gasteiger partial charge in [-0.05, 0) is 36.5 Å². The Bertz CT molecular complexity index is 299.